The number of nitrogen functional groups attached to an aromatic ring is 1. The number of carbonyl (C=O) groups excluding carboxylic acids is 1. The topological polar surface area (TPSA) is 77.3 Å². The number of H-pyrrole nitrogens is 1. The average Bonchev–Trinajstić information content (AvgIpc) is 3.19. The summed E-state index contributed by atoms with van der Waals surface area (Å²) in [5, 5.41) is 0.709. The van der Waals surface area contributed by atoms with Crippen LogP contribution in [-0.2, 0) is 4.74 Å². The number of esters is 1. The molecule has 1 aromatic carbocycles. The van der Waals surface area contributed by atoms with Crippen molar-refractivity contribution in [3.63, 3.8) is 0 Å². The second kappa shape index (κ2) is 4.44. The molecule has 5 heteroatoms. The lowest BCUT2D eigenvalue weighted by atomic mass is 10.0. The van der Waals surface area contributed by atoms with E-state index < -0.39 is 0 Å². The predicted octanol–water partition coefficient (Wildman–Crippen LogP) is 2.73. The average molecular weight is 274 g/mol. The van der Waals surface area contributed by atoms with Gasteiger partial charge in [0.15, 0.2) is 0 Å². The van der Waals surface area contributed by atoms with Crippen LogP contribution in [-0.4, -0.2) is 25.2 Å². The summed E-state index contributed by atoms with van der Waals surface area (Å²) >= 11 is 0. The fraction of sp³-hybridized carbons (Fsp3) is 0.400. The second-order valence-electron chi connectivity index (χ2n) is 5.24. The molecule has 1 aliphatic carbocycles. The lowest BCUT2D eigenvalue weighted by Gasteiger charge is -2.10. The molecule has 0 radical (unpaired) electrons. The maximum absolute atomic E-state index is 12.1. The van der Waals surface area contributed by atoms with Crippen molar-refractivity contribution < 1.29 is 14.3 Å². The van der Waals surface area contributed by atoms with Crippen molar-refractivity contribution in [2.75, 3.05) is 20.0 Å². The van der Waals surface area contributed by atoms with Gasteiger partial charge in [-0.25, -0.2) is 4.79 Å². The van der Waals surface area contributed by atoms with Gasteiger partial charge in [-0.15, -0.1) is 0 Å². The maximum Gasteiger partial charge on any atom is 0.340 e. The molecule has 0 amide bonds. The molecule has 3 rings (SSSR count). The number of methoxy groups -OCH3 is 2. The molecule has 1 fully saturated rings. The highest BCUT2D eigenvalue weighted by Crippen LogP contribution is 2.46. The lowest BCUT2D eigenvalue weighted by Crippen LogP contribution is -2.05. The van der Waals surface area contributed by atoms with Crippen molar-refractivity contribution in [1.82, 2.24) is 4.98 Å². The third-order valence-corrected chi connectivity index (χ3v) is 3.87. The van der Waals surface area contributed by atoms with Crippen LogP contribution in [0.15, 0.2) is 6.07 Å². The molecule has 3 N–H and O–H groups in total. The number of fused-ring (bicyclic) bond motifs is 1. The first-order valence-electron chi connectivity index (χ1n) is 6.65. The minimum Gasteiger partial charge on any atom is -0.494 e. The van der Waals surface area contributed by atoms with Crippen LogP contribution in [0.1, 0.15) is 40.4 Å². The van der Waals surface area contributed by atoms with E-state index in [0.717, 1.165) is 29.6 Å². The Labute approximate surface area is 117 Å². The van der Waals surface area contributed by atoms with E-state index in [9.17, 15) is 4.79 Å². The highest BCUT2D eigenvalue weighted by atomic mass is 16.5. The second-order valence-corrected chi connectivity index (χ2v) is 5.24. The van der Waals surface area contributed by atoms with Crippen molar-refractivity contribution in [3.05, 3.63) is 22.9 Å². The number of benzene rings is 1. The Morgan fingerprint density at radius 1 is 1.40 bits per heavy atom. The summed E-state index contributed by atoms with van der Waals surface area (Å²) in [4.78, 5) is 15.5. The number of aromatic nitrogens is 1. The van der Waals surface area contributed by atoms with E-state index >= 15 is 0 Å². The number of hydrogen-bond donors (Lipinski definition) is 2. The van der Waals surface area contributed by atoms with E-state index in [1.54, 1.807) is 7.11 Å². The molecule has 1 aliphatic rings. The number of aryl methyl sites for hydroxylation is 1. The molecule has 106 valence electrons. The zero-order valence-electron chi connectivity index (χ0n) is 11.9. The van der Waals surface area contributed by atoms with Gasteiger partial charge in [-0.3, -0.25) is 0 Å². The van der Waals surface area contributed by atoms with E-state index in [1.165, 1.54) is 7.11 Å². The molecular formula is C15H18N2O3. The molecule has 0 atom stereocenters. The quantitative estimate of drug-likeness (QED) is 0.666. The zero-order valence-corrected chi connectivity index (χ0v) is 11.9. The van der Waals surface area contributed by atoms with Gasteiger partial charge in [-0.2, -0.15) is 0 Å². The summed E-state index contributed by atoms with van der Waals surface area (Å²) in [6.45, 7) is 1.93. The molecule has 0 unspecified atom stereocenters. The van der Waals surface area contributed by atoms with Gasteiger partial charge in [0.25, 0.3) is 0 Å². The molecular weight excluding hydrogens is 256 g/mol. The molecule has 0 spiro atoms. The summed E-state index contributed by atoms with van der Waals surface area (Å²) in [6, 6.07) is 1.96. The molecule has 2 aromatic rings. The number of rotatable bonds is 3. The standard InChI is InChI=1S/C15H18N2O3/c1-7-6-9-10(12(16)14(7)19-2)11(15(18)20-3)13(17-9)8-4-5-8/h6,8,17H,4-5,16H2,1-3H3. The van der Waals surface area contributed by atoms with Gasteiger partial charge in [0.1, 0.15) is 5.75 Å². The molecule has 0 bridgehead atoms. The molecule has 0 aliphatic heterocycles. The first kappa shape index (κ1) is 12.8. The lowest BCUT2D eigenvalue weighted by molar-refractivity contribution is 0.0601. The highest BCUT2D eigenvalue weighted by Gasteiger charge is 2.33. The molecule has 1 heterocycles. The number of ether oxygens (including phenoxy) is 2. The summed E-state index contributed by atoms with van der Waals surface area (Å²) in [6.07, 6.45) is 2.18. The van der Waals surface area contributed by atoms with Crippen LogP contribution in [0.3, 0.4) is 0 Å². The van der Waals surface area contributed by atoms with Gasteiger partial charge in [-0.05, 0) is 37.3 Å². The third kappa shape index (κ3) is 1.73. The van der Waals surface area contributed by atoms with Crippen molar-refractivity contribution in [1.29, 1.82) is 0 Å². The Bertz CT molecular complexity index is 699. The number of aromatic amines is 1. The van der Waals surface area contributed by atoms with Crippen LogP contribution in [0.25, 0.3) is 10.9 Å². The van der Waals surface area contributed by atoms with Crippen molar-refractivity contribution >= 4 is 22.6 Å². The smallest absolute Gasteiger partial charge is 0.340 e. The number of nitrogens with two attached hydrogens (primary N) is 1. The largest absolute Gasteiger partial charge is 0.494 e. The maximum atomic E-state index is 12.1. The van der Waals surface area contributed by atoms with Crippen molar-refractivity contribution in [2.45, 2.75) is 25.7 Å². The van der Waals surface area contributed by atoms with Gasteiger partial charge < -0.3 is 20.2 Å². The van der Waals surface area contributed by atoms with Crippen LogP contribution in [0.5, 0.6) is 5.75 Å². The molecule has 1 aromatic heterocycles. The van der Waals surface area contributed by atoms with E-state index in [4.69, 9.17) is 15.2 Å². The Morgan fingerprint density at radius 2 is 2.10 bits per heavy atom. The normalized spacial score (nSPS) is 14.6. The van der Waals surface area contributed by atoms with E-state index in [2.05, 4.69) is 4.98 Å². The van der Waals surface area contributed by atoms with Crippen molar-refractivity contribution in [3.8, 4) is 5.75 Å². The van der Waals surface area contributed by atoms with Crippen LogP contribution in [0.4, 0.5) is 5.69 Å². The monoisotopic (exact) mass is 274 g/mol. The molecule has 1 saturated carbocycles. The van der Waals surface area contributed by atoms with Gasteiger partial charge >= 0.3 is 5.97 Å². The Balaban J connectivity index is 2.36. The Morgan fingerprint density at radius 3 is 2.65 bits per heavy atom. The number of nitrogens with one attached hydrogen (secondary N) is 1. The first-order valence-corrected chi connectivity index (χ1v) is 6.65. The first-order chi connectivity index (χ1) is 9.58. The highest BCUT2D eigenvalue weighted by molar-refractivity contribution is 6.11. The minimum atomic E-state index is -0.351. The zero-order chi connectivity index (χ0) is 14.4. The summed E-state index contributed by atoms with van der Waals surface area (Å²) in [5.41, 5.74) is 10.00. The Kier molecular flexibility index (Phi) is 2.85. The van der Waals surface area contributed by atoms with Gasteiger partial charge in [-0.1, -0.05) is 0 Å². The fourth-order valence-corrected chi connectivity index (χ4v) is 2.80. The Hall–Kier alpha value is -2.17. The molecule has 5 nitrogen and oxygen atoms in total. The van der Waals surface area contributed by atoms with E-state index in [0.29, 0.717) is 28.3 Å². The summed E-state index contributed by atoms with van der Waals surface area (Å²) in [5.74, 6) is 0.668. The van der Waals surface area contributed by atoms with Crippen molar-refractivity contribution in [2.24, 2.45) is 0 Å². The van der Waals surface area contributed by atoms with Gasteiger partial charge in [0.05, 0.1) is 25.5 Å². The van der Waals surface area contributed by atoms with Crippen LogP contribution in [0, 0.1) is 6.92 Å². The molecule has 0 saturated heterocycles. The summed E-state index contributed by atoms with van der Waals surface area (Å²) < 4.78 is 10.3. The number of anilines is 1. The third-order valence-electron chi connectivity index (χ3n) is 3.87. The fourth-order valence-electron chi connectivity index (χ4n) is 2.80. The van der Waals surface area contributed by atoms with E-state index in [1.807, 2.05) is 13.0 Å². The minimum absolute atomic E-state index is 0.351. The van der Waals surface area contributed by atoms with Crippen LogP contribution >= 0.6 is 0 Å². The van der Waals surface area contributed by atoms with Gasteiger partial charge in [0.2, 0.25) is 0 Å². The predicted molar refractivity (Wildman–Crippen MR) is 77.3 cm³/mol. The van der Waals surface area contributed by atoms with Crippen LogP contribution < -0.4 is 10.5 Å². The number of carbonyl (C=O) groups is 1. The molecule has 20 heavy (non-hydrogen) atoms. The SMILES string of the molecule is COC(=O)c1c(C2CC2)[nH]c2cc(C)c(OC)c(N)c12. The summed E-state index contributed by atoms with van der Waals surface area (Å²) in [7, 11) is 2.97. The van der Waals surface area contributed by atoms with E-state index in [-0.39, 0.29) is 5.97 Å². The van der Waals surface area contributed by atoms with Crippen LogP contribution in [0.2, 0.25) is 0 Å². The van der Waals surface area contributed by atoms with Gasteiger partial charge in [0, 0.05) is 16.6 Å². The number of hydrogen-bond acceptors (Lipinski definition) is 4.